The van der Waals surface area contributed by atoms with Crippen molar-refractivity contribution in [3.8, 4) is 11.5 Å². The summed E-state index contributed by atoms with van der Waals surface area (Å²) in [6, 6.07) is 19.2. The molecule has 4 heteroatoms. The van der Waals surface area contributed by atoms with Crippen LogP contribution in [0.4, 0.5) is 5.82 Å². The van der Waals surface area contributed by atoms with Gasteiger partial charge >= 0.3 is 0 Å². The van der Waals surface area contributed by atoms with Gasteiger partial charge in [0.05, 0.1) is 0 Å². The number of nitrogens with one attached hydrogen (secondary N) is 1. The second-order valence-corrected chi connectivity index (χ2v) is 4.08. The Morgan fingerprint density at radius 1 is 0.895 bits per heavy atom. The molecule has 0 fully saturated rings. The standard InChI is InChI=1S/C15H13N3O/c16-18-14-10-9-11-5-4-8-13(15(11)17-14)19-12-6-2-1-3-7-12/h1-10H,16H2,(H,17,18). The normalized spacial score (nSPS) is 10.4. The van der Waals surface area contributed by atoms with E-state index >= 15 is 0 Å². The van der Waals surface area contributed by atoms with Gasteiger partial charge in [0.25, 0.3) is 0 Å². The van der Waals surface area contributed by atoms with Gasteiger partial charge in [-0.05, 0) is 30.3 Å². The summed E-state index contributed by atoms with van der Waals surface area (Å²) in [5.74, 6) is 7.49. The smallest absolute Gasteiger partial charge is 0.153 e. The molecule has 0 bridgehead atoms. The van der Waals surface area contributed by atoms with Crippen molar-refractivity contribution in [2.45, 2.75) is 0 Å². The average Bonchev–Trinajstić information content (AvgIpc) is 2.48. The number of hydrogen-bond acceptors (Lipinski definition) is 4. The van der Waals surface area contributed by atoms with E-state index in [4.69, 9.17) is 10.6 Å². The van der Waals surface area contributed by atoms with Crippen LogP contribution in [0, 0.1) is 0 Å². The minimum Gasteiger partial charge on any atom is -0.455 e. The predicted molar refractivity (Wildman–Crippen MR) is 76.1 cm³/mol. The Morgan fingerprint density at radius 2 is 1.74 bits per heavy atom. The third kappa shape index (κ3) is 2.34. The van der Waals surface area contributed by atoms with Crippen molar-refractivity contribution in [3.05, 3.63) is 60.7 Å². The summed E-state index contributed by atoms with van der Waals surface area (Å²) in [6.45, 7) is 0. The maximum Gasteiger partial charge on any atom is 0.153 e. The van der Waals surface area contributed by atoms with E-state index in [1.165, 1.54) is 0 Å². The molecule has 0 aliphatic heterocycles. The van der Waals surface area contributed by atoms with E-state index in [2.05, 4.69) is 10.4 Å². The van der Waals surface area contributed by atoms with Crippen LogP contribution in [0.25, 0.3) is 10.9 Å². The molecule has 1 heterocycles. The molecule has 4 nitrogen and oxygen atoms in total. The zero-order chi connectivity index (χ0) is 13.1. The Bertz CT molecular complexity index is 698. The quantitative estimate of drug-likeness (QED) is 0.554. The molecule has 0 saturated carbocycles. The van der Waals surface area contributed by atoms with Gasteiger partial charge in [0, 0.05) is 5.39 Å². The van der Waals surface area contributed by atoms with Crippen molar-refractivity contribution in [3.63, 3.8) is 0 Å². The zero-order valence-electron chi connectivity index (χ0n) is 10.2. The first-order valence-electron chi connectivity index (χ1n) is 5.96. The number of nitrogen functional groups attached to an aromatic ring is 1. The lowest BCUT2D eigenvalue weighted by atomic mass is 10.2. The number of hydrogen-bond donors (Lipinski definition) is 2. The van der Waals surface area contributed by atoms with Gasteiger partial charge in [-0.25, -0.2) is 10.8 Å². The molecule has 0 spiro atoms. The maximum absolute atomic E-state index is 5.86. The predicted octanol–water partition coefficient (Wildman–Crippen LogP) is 3.31. The fourth-order valence-electron chi connectivity index (χ4n) is 1.90. The van der Waals surface area contributed by atoms with Crippen LogP contribution in [0.3, 0.4) is 0 Å². The third-order valence-electron chi connectivity index (χ3n) is 2.80. The van der Waals surface area contributed by atoms with E-state index in [-0.39, 0.29) is 0 Å². The first-order chi connectivity index (χ1) is 9.36. The molecule has 0 unspecified atom stereocenters. The summed E-state index contributed by atoms with van der Waals surface area (Å²) in [7, 11) is 0. The largest absolute Gasteiger partial charge is 0.455 e. The van der Waals surface area contributed by atoms with Crippen molar-refractivity contribution in [2.75, 3.05) is 5.43 Å². The third-order valence-corrected chi connectivity index (χ3v) is 2.80. The lowest BCUT2D eigenvalue weighted by Crippen LogP contribution is -2.08. The molecule has 0 radical (unpaired) electrons. The van der Waals surface area contributed by atoms with Gasteiger partial charge in [0.15, 0.2) is 5.75 Å². The first-order valence-corrected chi connectivity index (χ1v) is 5.96. The van der Waals surface area contributed by atoms with Gasteiger partial charge in [-0.2, -0.15) is 0 Å². The molecular weight excluding hydrogens is 238 g/mol. The van der Waals surface area contributed by atoms with Crippen LogP contribution < -0.4 is 16.0 Å². The number of aromatic nitrogens is 1. The van der Waals surface area contributed by atoms with Crippen LogP contribution in [-0.2, 0) is 0 Å². The molecule has 19 heavy (non-hydrogen) atoms. The van der Waals surface area contributed by atoms with E-state index in [0.717, 1.165) is 16.7 Å². The van der Waals surface area contributed by atoms with Crippen molar-refractivity contribution in [1.29, 1.82) is 0 Å². The molecule has 0 amide bonds. The highest BCUT2D eigenvalue weighted by Gasteiger charge is 2.05. The van der Waals surface area contributed by atoms with Gasteiger partial charge in [-0.3, -0.25) is 0 Å². The van der Waals surface area contributed by atoms with Gasteiger partial charge in [0.2, 0.25) is 0 Å². The van der Waals surface area contributed by atoms with E-state index in [1.807, 2.05) is 60.7 Å². The molecular formula is C15H13N3O. The van der Waals surface area contributed by atoms with Crippen molar-refractivity contribution in [1.82, 2.24) is 4.98 Å². The van der Waals surface area contributed by atoms with E-state index < -0.39 is 0 Å². The second-order valence-electron chi connectivity index (χ2n) is 4.08. The number of nitrogens with two attached hydrogens (primary N) is 1. The van der Waals surface area contributed by atoms with Gasteiger partial charge < -0.3 is 10.2 Å². The molecule has 0 atom stereocenters. The number of para-hydroxylation sites is 2. The number of ether oxygens (including phenoxy) is 1. The van der Waals surface area contributed by atoms with Gasteiger partial charge in [-0.1, -0.05) is 30.3 Å². The fourth-order valence-corrected chi connectivity index (χ4v) is 1.90. The summed E-state index contributed by atoms with van der Waals surface area (Å²) in [5, 5.41) is 1.01. The highest BCUT2D eigenvalue weighted by molar-refractivity contribution is 5.86. The van der Waals surface area contributed by atoms with Crippen LogP contribution >= 0.6 is 0 Å². The molecule has 3 aromatic rings. The molecule has 0 aliphatic rings. The molecule has 3 rings (SSSR count). The Hall–Kier alpha value is -2.59. The van der Waals surface area contributed by atoms with Crippen LogP contribution in [0.1, 0.15) is 0 Å². The Morgan fingerprint density at radius 3 is 2.53 bits per heavy atom. The Kier molecular flexibility index (Phi) is 3.00. The molecule has 0 aliphatic carbocycles. The lowest BCUT2D eigenvalue weighted by Gasteiger charge is -2.09. The van der Waals surface area contributed by atoms with Crippen LogP contribution in [0.15, 0.2) is 60.7 Å². The minimum absolute atomic E-state index is 0.608. The minimum atomic E-state index is 0.608. The number of anilines is 1. The average molecular weight is 251 g/mol. The highest BCUT2D eigenvalue weighted by Crippen LogP contribution is 2.29. The zero-order valence-corrected chi connectivity index (χ0v) is 10.2. The number of benzene rings is 2. The van der Waals surface area contributed by atoms with Gasteiger partial charge in [0.1, 0.15) is 17.1 Å². The van der Waals surface area contributed by atoms with E-state index in [0.29, 0.717) is 11.6 Å². The Balaban J connectivity index is 2.07. The van der Waals surface area contributed by atoms with Crippen molar-refractivity contribution < 1.29 is 4.74 Å². The summed E-state index contributed by atoms with van der Waals surface area (Å²) in [4.78, 5) is 4.43. The number of nitrogens with zero attached hydrogens (tertiary/aromatic N) is 1. The van der Waals surface area contributed by atoms with Crippen LogP contribution in [0.5, 0.6) is 11.5 Å². The number of pyridine rings is 1. The van der Waals surface area contributed by atoms with E-state index in [9.17, 15) is 0 Å². The monoisotopic (exact) mass is 251 g/mol. The molecule has 1 aromatic heterocycles. The number of fused-ring (bicyclic) bond motifs is 1. The highest BCUT2D eigenvalue weighted by atomic mass is 16.5. The molecule has 2 aromatic carbocycles. The Labute approximate surface area is 110 Å². The van der Waals surface area contributed by atoms with Crippen molar-refractivity contribution in [2.24, 2.45) is 5.84 Å². The first kappa shape index (κ1) is 11.5. The SMILES string of the molecule is NNc1ccc2cccc(Oc3ccccc3)c2n1. The lowest BCUT2D eigenvalue weighted by molar-refractivity contribution is 0.487. The summed E-state index contributed by atoms with van der Waals surface area (Å²) < 4.78 is 5.86. The topological polar surface area (TPSA) is 60.2 Å². The summed E-state index contributed by atoms with van der Waals surface area (Å²) in [5.41, 5.74) is 3.32. The van der Waals surface area contributed by atoms with E-state index in [1.54, 1.807) is 0 Å². The van der Waals surface area contributed by atoms with Crippen molar-refractivity contribution >= 4 is 16.7 Å². The van der Waals surface area contributed by atoms with Crippen LogP contribution in [-0.4, -0.2) is 4.98 Å². The summed E-state index contributed by atoms with van der Waals surface area (Å²) in [6.07, 6.45) is 0. The molecule has 0 saturated heterocycles. The molecule has 94 valence electrons. The fraction of sp³-hybridized carbons (Fsp3) is 0. The number of rotatable bonds is 3. The second kappa shape index (κ2) is 4.96. The molecule has 3 N–H and O–H groups in total. The van der Waals surface area contributed by atoms with Crippen LogP contribution in [0.2, 0.25) is 0 Å². The summed E-state index contributed by atoms with van der Waals surface area (Å²) >= 11 is 0. The van der Waals surface area contributed by atoms with Gasteiger partial charge in [-0.15, -0.1) is 0 Å². The maximum atomic E-state index is 5.86. The number of hydrazine groups is 1.